The van der Waals surface area contributed by atoms with Gasteiger partial charge >= 0.3 is 0 Å². The molecule has 0 radical (unpaired) electrons. The lowest BCUT2D eigenvalue weighted by Crippen LogP contribution is -2.29. The number of hydrogen-bond acceptors (Lipinski definition) is 3. The van der Waals surface area contributed by atoms with Crippen molar-refractivity contribution in [3.8, 4) is 0 Å². The Morgan fingerprint density at radius 2 is 2.26 bits per heavy atom. The fourth-order valence-corrected chi connectivity index (χ4v) is 3.05. The Labute approximate surface area is 116 Å². The van der Waals surface area contributed by atoms with Gasteiger partial charge in [0.2, 0.25) is 5.91 Å². The zero-order valence-electron chi connectivity index (χ0n) is 10.7. The number of carbonyl (C=O) groups is 1. The van der Waals surface area contributed by atoms with Gasteiger partial charge in [-0.1, -0.05) is 12.1 Å². The van der Waals surface area contributed by atoms with Crippen molar-refractivity contribution in [2.75, 3.05) is 25.4 Å². The highest BCUT2D eigenvalue weighted by molar-refractivity contribution is 7.99. The molecular formula is C14H18FNO2S. The Hall–Kier alpha value is -1.07. The maximum Gasteiger partial charge on any atom is 0.223 e. The van der Waals surface area contributed by atoms with Crippen molar-refractivity contribution in [1.29, 1.82) is 0 Å². The third-order valence-electron chi connectivity index (χ3n) is 3.31. The minimum atomic E-state index is -0.235. The molecule has 1 unspecified atom stereocenters. The maximum absolute atomic E-state index is 13.4. The Morgan fingerprint density at radius 1 is 1.47 bits per heavy atom. The second kappa shape index (κ2) is 6.91. The predicted octanol–water partition coefficient (Wildman–Crippen LogP) is 2.15. The molecule has 1 atom stereocenters. The molecule has 1 aromatic rings. The number of likely N-dealkylation sites (tertiary alicyclic amines) is 1. The SMILES string of the molecule is O=C(CCSc1ccccc1F)N1CCC(CO)C1. The molecule has 1 saturated heterocycles. The van der Waals surface area contributed by atoms with Crippen molar-refractivity contribution in [2.45, 2.75) is 17.7 Å². The molecule has 0 spiro atoms. The Bertz CT molecular complexity index is 441. The summed E-state index contributed by atoms with van der Waals surface area (Å²) in [5.41, 5.74) is 0. The van der Waals surface area contributed by atoms with Crippen LogP contribution in [0.2, 0.25) is 0 Å². The van der Waals surface area contributed by atoms with E-state index in [0.717, 1.165) is 13.0 Å². The molecule has 1 amide bonds. The van der Waals surface area contributed by atoms with E-state index in [-0.39, 0.29) is 24.2 Å². The Morgan fingerprint density at radius 3 is 2.95 bits per heavy atom. The highest BCUT2D eigenvalue weighted by Crippen LogP contribution is 2.23. The normalized spacial score (nSPS) is 18.8. The summed E-state index contributed by atoms with van der Waals surface area (Å²) in [6.45, 7) is 1.53. The van der Waals surface area contributed by atoms with Gasteiger partial charge in [-0.15, -0.1) is 11.8 Å². The minimum absolute atomic E-state index is 0.0970. The number of aliphatic hydroxyl groups excluding tert-OH is 1. The minimum Gasteiger partial charge on any atom is -0.396 e. The number of rotatable bonds is 5. The van der Waals surface area contributed by atoms with Crippen LogP contribution >= 0.6 is 11.8 Å². The van der Waals surface area contributed by atoms with Crippen LogP contribution in [0.1, 0.15) is 12.8 Å². The van der Waals surface area contributed by atoms with Gasteiger partial charge in [0.15, 0.2) is 0 Å². The van der Waals surface area contributed by atoms with Crippen LogP contribution in [0, 0.1) is 11.7 Å². The van der Waals surface area contributed by atoms with Crippen LogP contribution in [0.3, 0.4) is 0 Å². The van der Waals surface area contributed by atoms with E-state index in [4.69, 9.17) is 5.11 Å². The number of aliphatic hydroxyl groups is 1. The summed E-state index contributed by atoms with van der Waals surface area (Å²) in [4.78, 5) is 14.3. The third-order valence-corrected chi connectivity index (χ3v) is 4.36. The molecule has 19 heavy (non-hydrogen) atoms. The zero-order valence-corrected chi connectivity index (χ0v) is 11.5. The van der Waals surface area contributed by atoms with Crippen LogP contribution in [0.4, 0.5) is 4.39 Å². The molecule has 2 rings (SSSR count). The first-order valence-corrected chi connectivity index (χ1v) is 7.45. The Balaban J connectivity index is 1.74. The van der Waals surface area contributed by atoms with Gasteiger partial charge in [-0.25, -0.2) is 4.39 Å². The molecule has 1 aromatic carbocycles. The van der Waals surface area contributed by atoms with Crippen LogP contribution < -0.4 is 0 Å². The molecule has 1 heterocycles. The number of hydrogen-bond donors (Lipinski definition) is 1. The van der Waals surface area contributed by atoms with Gasteiger partial charge in [-0.2, -0.15) is 0 Å². The number of nitrogens with zero attached hydrogens (tertiary/aromatic N) is 1. The topological polar surface area (TPSA) is 40.5 Å². The van der Waals surface area contributed by atoms with Crippen molar-refractivity contribution >= 4 is 17.7 Å². The van der Waals surface area contributed by atoms with Crippen LogP contribution in [0.5, 0.6) is 0 Å². The summed E-state index contributed by atoms with van der Waals surface area (Å²) in [7, 11) is 0. The van der Waals surface area contributed by atoms with Crippen LogP contribution in [-0.4, -0.2) is 41.4 Å². The molecule has 1 aliphatic heterocycles. The van der Waals surface area contributed by atoms with Gasteiger partial charge in [0.1, 0.15) is 5.82 Å². The molecule has 1 aliphatic rings. The fraction of sp³-hybridized carbons (Fsp3) is 0.500. The van der Waals surface area contributed by atoms with E-state index < -0.39 is 0 Å². The van der Waals surface area contributed by atoms with Crippen LogP contribution in [-0.2, 0) is 4.79 Å². The highest BCUT2D eigenvalue weighted by atomic mass is 32.2. The van der Waals surface area contributed by atoms with Gasteiger partial charge in [0.25, 0.3) is 0 Å². The summed E-state index contributed by atoms with van der Waals surface area (Å²) in [5.74, 6) is 0.671. The van der Waals surface area contributed by atoms with E-state index in [1.807, 2.05) is 0 Å². The van der Waals surface area contributed by atoms with Gasteiger partial charge in [0.05, 0.1) is 0 Å². The average molecular weight is 283 g/mol. The summed E-state index contributed by atoms with van der Waals surface area (Å²) in [6, 6.07) is 6.60. The summed E-state index contributed by atoms with van der Waals surface area (Å²) < 4.78 is 13.4. The standard InChI is InChI=1S/C14H18FNO2S/c15-12-3-1-2-4-13(12)19-8-6-14(18)16-7-5-11(9-16)10-17/h1-4,11,17H,5-10H2. The molecule has 0 aromatic heterocycles. The lowest BCUT2D eigenvalue weighted by molar-refractivity contribution is -0.129. The third kappa shape index (κ3) is 3.94. The number of halogens is 1. The van der Waals surface area contributed by atoms with E-state index in [2.05, 4.69) is 0 Å². The molecule has 104 valence electrons. The lowest BCUT2D eigenvalue weighted by atomic mass is 10.1. The molecule has 0 bridgehead atoms. The highest BCUT2D eigenvalue weighted by Gasteiger charge is 2.25. The maximum atomic E-state index is 13.4. The van der Waals surface area contributed by atoms with E-state index in [1.165, 1.54) is 17.8 Å². The zero-order chi connectivity index (χ0) is 13.7. The largest absolute Gasteiger partial charge is 0.396 e. The molecular weight excluding hydrogens is 265 g/mol. The monoisotopic (exact) mass is 283 g/mol. The van der Waals surface area contributed by atoms with E-state index in [0.29, 0.717) is 23.6 Å². The van der Waals surface area contributed by atoms with Crippen molar-refractivity contribution in [2.24, 2.45) is 5.92 Å². The Kier molecular flexibility index (Phi) is 5.22. The van der Waals surface area contributed by atoms with E-state index in [9.17, 15) is 9.18 Å². The van der Waals surface area contributed by atoms with Gasteiger partial charge in [0, 0.05) is 42.7 Å². The number of thioether (sulfide) groups is 1. The molecule has 1 N–H and O–H groups in total. The quantitative estimate of drug-likeness (QED) is 0.842. The van der Waals surface area contributed by atoms with Crippen LogP contribution in [0.25, 0.3) is 0 Å². The van der Waals surface area contributed by atoms with E-state index >= 15 is 0 Å². The molecule has 1 fully saturated rings. The van der Waals surface area contributed by atoms with Crippen molar-refractivity contribution in [3.63, 3.8) is 0 Å². The van der Waals surface area contributed by atoms with Gasteiger partial charge in [-0.05, 0) is 18.6 Å². The molecule has 0 saturated carbocycles. The van der Waals surface area contributed by atoms with Crippen molar-refractivity contribution in [3.05, 3.63) is 30.1 Å². The summed E-state index contributed by atoms with van der Waals surface area (Å²) >= 11 is 1.37. The summed E-state index contributed by atoms with van der Waals surface area (Å²) in [5, 5.41) is 9.04. The number of amides is 1. The van der Waals surface area contributed by atoms with Crippen molar-refractivity contribution < 1.29 is 14.3 Å². The van der Waals surface area contributed by atoms with E-state index in [1.54, 1.807) is 23.1 Å². The molecule has 3 nitrogen and oxygen atoms in total. The second-order valence-corrected chi connectivity index (χ2v) is 5.84. The smallest absolute Gasteiger partial charge is 0.223 e. The lowest BCUT2D eigenvalue weighted by Gasteiger charge is -2.15. The van der Waals surface area contributed by atoms with Crippen molar-refractivity contribution in [1.82, 2.24) is 4.90 Å². The first-order chi connectivity index (χ1) is 9.20. The van der Waals surface area contributed by atoms with Gasteiger partial charge < -0.3 is 10.0 Å². The first kappa shape index (κ1) is 14.3. The first-order valence-electron chi connectivity index (χ1n) is 6.46. The summed E-state index contributed by atoms with van der Waals surface area (Å²) in [6.07, 6.45) is 1.29. The number of benzene rings is 1. The number of carbonyl (C=O) groups excluding carboxylic acids is 1. The van der Waals surface area contributed by atoms with Crippen LogP contribution in [0.15, 0.2) is 29.2 Å². The van der Waals surface area contributed by atoms with Gasteiger partial charge in [-0.3, -0.25) is 4.79 Å². The molecule has 5 heteroatoms. The fourth-order valence-electron chi connectivity index (χ4n) is 2.18. The predicted molar refractivity (Wildman–Crippen MR) is 73.5 cm³/mol. The average Bonchev–Trinajstić information content (AvgIpc) is 2.90. The second-order valence-electron chi connectivity index (χ2n) is 4.71. The molecule has 0 aliphatic carbocycles.